The largest absolute Gasteiger partial charge is 0.253 e. The lowest BCUT2D eigenvalue weighted by molar-refractivity contribution is 0.506. The molecule has 0 atom stereocenters. The molecule has 56 valence electrons. The third-order valence-corrected chi connectivity index (χ3v) is 1.38. The van der Waals surface area contributed by atoms with Crippen molar-refractivity contribution in [3.05, 3.63) is 12.2 Å². The van der Waals surface area contributed by atoms with Crippen molar-refractivity contribution >= 4 is 0 Å². The van der Waals surface area contributed by atoms with E-state index in [-0.39, 0.29) is 5.41 Å². The van der Waals surface area contributed by atoms with Gasteiger partial charge in [-0.3, -0.25) is 4.68 Å². The Morgan fingerprint density at radius 2 is 2.00 bits per heavy atom. The first-order valence-electron chi connectivity index (χ1n) is 3.36. The van der Waals surface area contributed by atoms with Crippen LogP contribution in [0.5, 0.6) is 0 Å². The van der Waals surface area contributed by atoms with E-state index >= 15 is 0 Å². The Morgan fingerprint density at radius 1 is 1.40 bits per heavy atom. The molecule has 1 aromatic rings. The molecule has 1 heterocycles. The third-order valence-electron chi connectivity index (χ3n) is 1.38. The zero-order valence-electron chi connectivity index (χ0n) is 6.92. The molecule has 0 saturated heterocycles. The lowest BCUT2D eigenvalue weighted by Gasteiger charge is -2.15. The molecule has 3 nitrogen and oxygen atoms in total. The molecular formula is C7H13N3. The van der Waals surface area contributed by atoms with E-state index in [1.165, 1.54) is 0 Å². The first-order valence-corrected chi connectivity index (χ1v) is 3.36. The molecule has 0 saturated carbocycles. The molecule has 10 heavy (non-hydrogen) atoms. The van der Waals surface area contributed by atoms with Gasteiger partial charge in [-0.2, -0.15) is 5.10 Å². The van der Waals surface area contributed by atoms with Crippen molar-refractivity contribution in [3.8, 4) is 0 Å². The number of hydrogen-bond donors (Lipinski definition) is 0. The Hall–Kier alpha value is -0.860. The number of hydrogen-bond acceptors (Lipinski definition) is 2. The van der Waals surface area contributed by atoms with Crippen LogP contribution in [0.1, 0.15) is 26.6 Å². The van der Waals surface area contributed by atoms with Gasteiger partial charge in [0.05, 0.1) is 0 Å². The van der Waals surface area contributed by atoms with Gasteiger partial charge in [0.15, 0.2) is 0 Å². The predicted octanol–water partition coefficient (Wildman–Crippen LogP) is 1.11. The van der Waals surface area contributed by atoms with Gasteiger partial charge in [0, 0.05) is 12.5 Å². The molecule has 0 aliphatic rings. The van der Waals surface area contributed by atoms with Crippen molar-refractivity contribution in [2.75, 3.05) is 0 Å². The summed E-state index contributed by atoms with van der Waals surface area (Å²) in [6.45, 7) is 6.37. The molecule has 0 radical (unpaired) electrons. The highest BCUT2D eigenvalue weighted by molar-refractivity contribution is 4.99. The molecule has 0 amide bonds. The van der Waals surface area contributed by atoms with E-state index in [9.17, 15) is 0 Å². The van der Waals surface area contributed by atoms with Crippen LogP contribution in [-0.2, 0) is 12.5 Å². The summed E-state index contributed by atoms with van der Waals surface area (Å²) in [6, 6.07) is 0. The van der Waals surface area contributed by atoms with Crippen LogP contribution in [-0.4, -0.2) is 14.8 Å². The van der Waals surface area contributed by atoms with E-state index in [2.05, 4.69) is 30.9 Å². The maximum atomic E-state index is 4.14. The normalized spacial score (nSPS) is 12.0. The minimum absolute atomic E-state index is 0.102. The van der Waals surface area contributed by atoms with Gasteiger partial charge in [-0.1, -0.05) is 20.8 Å². The highest BCUT2D eigenvalue weighted by Gasteiger charge is 2.18. The number of rotatable bonds is 0. The van der Waals surface area contributed by atoms with Crippen LogP contribution in [0.15, 0.2) is 6.33 Å². The molecule has 0 N–H and O–H groups in total. The Bertz CT molecular complexity index is 219. The topological polar surface area (TPSA) is 30.7 Å². The van der Waals surface area contributed by atoms with Gasteiger partial charge < -0.3 is 0 Å². The zero-order valence-corrected chi connectivity index (χ0v) is 6.92. The van der Waals surface area contributed by atoms with Crippen molar-refractivity contribution in [1.82, 2.24) is 14.8 Å². The summed E-state index contributed by atoms with van der Waals surface area (Å²) in [6.07, 6.45) is 1.58. The lowest BCUT2D eigenvalue weighted by Crippen LogP contribution is -2.17. The molecule has 1 rings (SSSR count). The van der Waals surface area contributed by atoms with Gasteiger partial charge in [0.1, 0.15) is 12.2 Å². The first kappa shape index (κ1) is 7.25. The Morgan fingerprint density at radius 3 is 2.20 bits per heavy atom. The van der Waals surface area contributed by atoms with Crippen LogP contribution >= 0.6 is 0 Å². The summed E-state index contributed by atoms with van der Waals surface area (Å²) >= 11 is 0. The molecule has 0 aromatic carbocycles. The van der Waals surface area contributed by atoms with E-state index in [1.807, 2.05) is 7.05 Å². The van der Waals surface area contributed by atoms with Crippen molar-refractivity contribution < 1.29 is 0 Å². The predicted molar refractivity (Wildman–Crippen MR) is 39.7 cm³/mol. The maximum absolute atomic E-state index is 4.14. The molecule has 3 heteroatoms. The summed E-state index contributed by atoms with van der Waals surface area (Å²) in [7, 11) is 1.91. The number of aryl methyl sites for hydroxylation is 1. The minimum Gasteiger partial charge on any atom is -0.253 e. The van der Waals surface area contributed by atoms with E-state index in [0.29, 0.717) is 0 Å². The second-order valence-corrected chi connectivity index (χ2v) is 3.46. The fraction of sp³-hybridized carbons (Fsp3) is 0.714. The lowest BCUT2D eigenvalue weighted by atomic mass is 9.96. The van der Waals surface area contributed by atoms with Crippen molar-refractivity contribution in [2.24, 2.45) is 7.05 Å². The standard InChI is InChI=1S/C7H13N3/c1-7(2,3)6-8-5-9-10(6)4/h5H,1-4H3. The summed E-state index contributed by atoms with van der Waals surface area (Å²) in [5.74, 6) is 1.02. The third kappa shape index (κ3) is 1.17. The molecule has 0 unspecified atom stereocenters. The SMILES string of the molecule is Cn1ncnc1C(C)(C)C. The number of aromatic nitrogens is 3. The van der Waals surface area contributed by atoms with Crippen LogP contribution in [0.4, 0.5) is 0 Å². The van der Waals surface area contributed by atoms with E-state index in [0.717, 1.165) is 5.82 Å². The second kappa shape index (κ2) is 2.08. The molecule has 0 aliphatic carbocycles. The minimum atomic E-state index is 0.102. The van der Waals surface area contributed by atoms with Gasteiger partial charge in [-0.05, 0) is 0 Å². The van der Waals surface area contributed by atoms with Gasteiger partial charge in [-0.15, -0.1) is 0 Å². The quantitative estimate of drug-likeness (QED) is 0.539. The summed E-state index contributed by atoms with van der Waals surface area (Å²) in [4.78, 5) is 4.14. The van der Waals surface area contributed by atoms with E-state index in [1.54, 1.807) is 11.0 Å². The zero-order chi connectivity index (χ0) is 7.78. The monoisotopic (exact) mass is 139 g/mol. The molecule has 1 aromatic heterocycles. The second-order valence-electron chi connectivity index (χ2n) is 3.46. The van der Waals surface area contributed by atoms with Crippen molar-refractivity contribution in [3.63, 3.8) is 0 Å². The fourth-order valence-electron chi connectivity index (χ4n) is 0.975. The average Bonchev–Trinajstić information content (AvgIpc) is 2.11. The Balaban J connectivity index is 3.05. The number of nitrogens with zero attached hydrogens (tertiary/aromatic N) is 3. The van der Waals surface area contributed by atoms with Crippen molar-refractivity contribution in [2.45, 2.75) is 26.2 Å². The highest BCUT2D eigenvalue weighted by atomic mass is 15.3. The summed E-state index contributed by atoms with van der Waals surface area (Å²) < 4.78 is 1.81. The Labute approximate surface area is 61.1 Å². The van der Waals surface area contributed by atoms with Crippen LogP contribution in [0.3, 0.4) is 0 Å². The summed E-state index contributed by atoms with van der Waals surface area (Å²) in [5.41, 5.74) is 0.102. The van der Waals surface area contributed by atoms with Crippen LogP contribution in [0.2, 0.25) is 0 Å². The van der Waals surface area contributed by atoms with Crippen LogP contribution < -0.4 is 0 Å². The van der Waals surface area contributed by atoms with Gasteiger partial charge in [0.2, 0.25) is 0 Å². The van der Waals surface area contributed by atoms with Gasteiger partial charge >= 0.3 is 0 Å². The smallest absolute Gasteiger partial charge is 0.138 e. The van der Waals surface area contributed by atoms with Crippen molar-refractivity contribution in [1.29, 1.82) is 0 Å². The van der Waals surface area contributed by atoms with Crippen LogP contribution in [0.25, 0.3) is 0 Å². The highest BCUT2D eigenvalue weighted by Crippen LogP contribution is 2.17. The molecule has 0 bridgehead atoms. The molecule has 0 spiro atoms. The van der Waals surface area contributed by atoms with Crippen LogP contribution in [0, 0.1) is 0 Å². The average molecular weight is 139 g/mol. The Kier molecular flexibility index (Phi) is 1.50. The molecule has 0 aliphatic heterocycles. The molecule has 0 fully saturated rings. The first-order chi connectivity index (χ1) is 4.52. The fourth-order valence-corrected chi connectivity index (χ4v) is 0.975. The summed E-state index contributed by atoms with van der Waals surface area (Å²) in [5, 5.41) is 3.99. The van der Waals surface area contributed by atoms with E-state index in [4.69, 9.17) is 0 Å². The van der Waals surface area contributed by atoms with Gasteiger partial charge in [0.25, 0.3) is 0 Å². The van der Waals surface area contributed by atoms with E-state index < -0.39 is 0 Å². The van der Waals surface area contributed by atoms with Gasteiger partial charge in [-0.25, -0.2) is 4.98 Å². The molecular weight excluding hydrogens is 126 g/mol. The maximum Gasteiger partial charge on any atom is 0.138 e.